The third-order valence-corrected chi connectivity index (χ3v) is 4.91. The summed E-state index contributed by atoms with van der Waals surface area (Å²) in [4.78, 5) is 15.9. The summed E-state index contributed by atoms with van der Waals surface area (Å²) in [5, 5.41) is 0.400. The number of para-hydroxylation sites is 2. The van der Waals surface area contributed by atoms with Crippen LogP contribution in [0.25, 0.3) is 0 Å². The fraction of sp³-hybridized carbons (Fsp3) is 0.278. The molecule has 0 bridgehead atoms. The summed E-state index contributed by atoms with van der Waals surface area (Å²) in [6.45, 7) is 2.90. The van der Waals surface area contributed by atoms with Crippen molar-refractivity contribution in [1.82, 2.24) is 0 Å². The number of hydrogen-bond donors (Lipinski definition) is 0. The molecule has 0 N–H and O–H groups in total. The van der Waals surface area contributed by atoms with Gasteiger partial charge >= 0.3 is 0 Å². The second kappa shape index (κ2) is 6.44. The monoisotopic (exact) mass is 313 g/mol. The Morgan fingerprint density at radius 2 is 1.95 bits per heavy atom. The van der Waals surface area contributed by atoms with Crippen molar-refractivity contribution < 1.29 is 9.53 Å². The number of methoxy groups -OCH3 is 1. The first kappa shape index (κ1) is 15.0. The van der Waals surface area contributed by atoms with Gasteiger partial charge in [0.2, 0.25) is 5.91 Å². The molecule has 3 nitrogen and oxygen atoms in total. The summed E-state index contributed by atoms with van der Waals surface area (Å²) >= 11 is 1.83. The summed E-state index contributed by atoms with van der Waals surface area (Å²) in [6, 6.07) is 15.8. The quantitative estimate of drug-likeness (QED) is 0.864. The Hall–Kier alpha value is -1.94. The van der Waals surface area contributed by atoms with Crippen LogP contribution in [0.1, 0.15) is 12.5 Å². The molecular weight excluding hydrogens is 294 g/mol. The molecule has 0 saturated heterocycles. The van der Waals surface area contributed by atoms with Gasteiger partial charge in [-0.1, -0.05) is 37.3 Å². The van der Waals surface area contributed by atoms with Crippen LogP contribution < -0.4 is 9.64 Å². The van der Waals surface area contributed by atoms with Gasteiger partial charge in [-0.15, -0.1) is 11.8 Å². The van der Waals surface area contributed by atoms with Gasteiger partial charge in [0.05, 0.1) is 19.2 Å². The highest BCUT2D eigenvalue weighted by atomic mass is 32.2. The number of fused-ring (bicyclic) bond motifs is 1. The smallest absolute Gasteiger partial charge is 0.231 e. The first-order chi connectivity index (χ1) is 10.7. The highest BCUT2D eigenvalue weighted by Gasteiger charge is 2.27. The van der Waals surface area contributed by atoms with Crippen LogP contribution in [0.5, 0.6) is 5.75 Å². The van der Waals surface area contributed by atoms with E-state index in [9.17, 15) is 4.79 Å². The summed E-state index contributed by atoms with van der Waals surface area (Å²) in [5.41, 5.74) is 1.95. The lowest BCUT2D eigenvalue weighted by atomic mass is 10.1. The molecule has 2 aromatic carbocycles. The van der Waals surface area contributed by atoms with E-state index in [1.807, 2.05) is 59.1 Å². The van der Waals surface area contributed by atoms with E-state index in [2.05, 4.69) is 13.0 Å². The largest absolute Gasteiger partial charge is 0.496 e. The number of hydrogen-bond acceptors (Lipinski definition) is 3. The Labute approximate surface area is 135 Å². The Morgan fingerprint density at radius 1 is 1.23 bits per heavy atom. The van der Waals surface area contributed by atoms with Crippen molar-refractivity contribution in [3.05, 3.63) is 54.1 Å². The molecule has 1 unspecified atom stereocenters. The van der Waals surface area contributed by atoms with Gasteiger partial charge in [0, 0.05) is 22.3 Å². The fourth-order valence-electron chi connectivity index (χ4n) is 2.73. The zero-order chi connectivity index (χ0) is 15.5. The van der Waals surface area contributed by atoms with Gasteiger partial charge < -0.3 is 9.64 Å². The minimum Gasteiger partial charge on any atom is -0.496 e. The molecule has 0 radical (unpaired) electrons. The van der Waals surface area contributed by atoms with E-state index < -0.39 is 0 Å². The molecular formula is C18H19NO2S. The Kier molecular flexibility index (Phi) is 4.39. The van der Waals surface area contributed by atoms with E-state index in [-0.39, 0.29) is 5.91 Å². The van der Waals surface area contributed by atoms with Crippen molar-refractivity contribution in [2.75, 3.05) is 18.6 Å². The van der Waals surface area contributed by atoms with Gasteiger partial charge in [0.25, 0.3) is 0 Å². The normalized spacial score (nSPS) is 17.0. The predicted octanol–water partition coefficient (Wildman–Crippen LogP) is 3.77. The lowest BCUT2D eigenvalue weighted by Gasteiger charge is -2.32. The average Bonchev–Trinajstić information content (AvgIpc) is 2.54. The maximum atomic E-state index is 12.8. The first-order valence-corrected chi connectivity index (χ1v) is 8.25. The molecule has 3 rings (SSSR count). The summed E-state index contributed by atoms with van der Waals surface area (Å²) in [6.07, 6.45) is 0.357. The molecule has 1 atom stereocenters. The molecule has 4 heteroatoms. The molecule has 1 aliphatic heterocycles. The van der Waals surface area contributed by atoms with Gasteiger partial charge in [-0.3, -0.25) is 4.79 Å². The number of benzene rings is 2. The first-order valence-electron chi connectivity index (χ1n) is 7.37. The second-order valence-corrected chi connectivity index (χ2v) is 6.87. The maximum Gasteiger partial charge on any atom is 0.231 e. The molecule has 1 amide bonds. The standard InChI is InChI=1S/C18H19NO2S/c1-13-12-19(15-8-4-6-10-17(15)22-13)18(20)11-14-7-3-5-9-16(14)21-2/h3-10,13H,11-12H2,1-2H3. The molecule has 1 heterocycles. The van der Waals surface area contributed by atoms with E-state index in [1.165, 1.54) is 4.90 Å². The average molecular weight is 313 g/mol. The SMILES string of the molecule is COc1ccccc1CC(=O)N1CC(C)Sc2ccccc21. The highest BCUT2D eigenvalue weighted by Crippen LogP contribution is 2.38. The number of ether oxygens (including phenoxy) is 1. The second-order valence-electron chi connectivity index (χ2n) is 5.39. The molecule has 114 valence electrons. The number of anilines is 1. The number of nitrogens with zero attached hydrogens (tertiary/aromatic N) is 1. The third kappa shape index (κ3) is 2.97. The van der Waals surface area contributed by atoms with Gasteiger partial charge in [0.15, 0.2) is 0 Å². The van der Waals surface area contributed by atoms with Crippen LogP contribution in [0.4, 0.5) is 5.69 Å². The van der Waals surface area contributed by atoms with Crippen LogP contribution in [0.3, 0.4) is 0 Å². The number of carbonyl (C=O) groups excluding carboxylic acids is 1. The molecule has 2 aromatic rings. The van der Waals surface area contributed by atoms with Crippen molar-refractivity contribution in [3.8, 4) is 5.75 Å². The summed E-state index contributed by atoms with van der Waals surface area (Å²) < 4.78 is 5.35. The van der Waals surface area contributed by atoms with Crippen molar-refractivity contribution in [1.29, 1.82) is 0 Å². The zero-order valence-electron chi connectivity index (χ0n) is 12.8. The van der Waals surface area contributed by atoms with Crippen molar-refractivity contribution in [2.24, 2.45) is 0 Å². The number of carbonyl (C=O) groups is 1. The molecule has 22 heavy (non-hydrogen) atoms. The molecule has 0 saturated carbocycles. The third-order valence-electron chi connectivity index (χ3n) is 3.76. The summed E-state index contributed by atoms with van der Waals surface area (Å²) in [5.74, 6) is 0.882. The van der Waals surface area contributed by atoms with Crippen LogP contribution in [-0.4, -0.2) is 24.8 Å². The van der Waals surface area contributed by atoms with E-state index in [4.69, 9.17) is 4.74 Å². The van der Waals surface area contributed by atoms with Gasteiger partial charge in [-0.2, -0.15) is 0 Å². The lowest BCUT2D eigenvalue weighted by Crippen LogP contribution is -2.39. The molecule has 1 aliphatic rings. The number of amides is 1. The topological polar surface area (TPSA) is 29.5 Å². The minimum absolute atomic E-state index is 0.115. The Bertz CT molecular complexity index is 686. The predicted molar refractivity (Wildman–Crippen MR) is 90.8 cm³/mol. The van der Waals surface area contributed by atoms with Crippen molar-refractivity contribution in [2.45, 2.75) is 23.5 Å². The minimum atomic E-state index is 0.115. The van der Waals surface area contributed by atoms with Gasteiger partial charge in [0.1, 0.15) is 5.75 Å². The Balaban J connectivity index is 1.86. The van der Waals surface area contributed by atoms with Crippen LogP contribution >= 0.6 is 11.8 Å². The molecule has 0 spiro atoms. The van der Waals surface area contributed by atoms with Crippen LogP contribution in [0.2, 0.25) is 0 Å². The van der Waals surface area contributed by atoms with Crippen LogP contribution in [0, 0.1) is 0 Å². The summed E-state index contributed by atoms with van der Waals surface area (Å²) in [7, 11) is 1.64. The van der Waals surface area contributed by atoms with Crippen LogP contribution in [-0.2, 0) is 11.2 Å². The number of rotatable bonds is 3. The van der Waals surface area contributed by atoms with E-state index in [0.717, 1.165) is 23.5 Å². The van der Waals surface area contributed by atoms with Gasteiger partial charge in [-0.05, 0) is 18.2 Å². The highest BCUT2D eigenvalue weighted by molar-refractivity contribution is 8.00. The van der Waals surface area contributed by atoms with Gasteiger partial charge in [-0.25, -0.2) is 0 Å². The zero-order valence-corrected chi connectivity index (χ0v) is 13.6. The van der Waals surface area contributed by atoms with Crippen molar-refractivity contribution >= 4 is 23.4 Å². The maximum absolute atomic E-state index is 12.8. The lowest BCUT2D eigenvalue weighted by molar-refractivity contribution is -0.118. The molecule has 0 aromatic heterocycles. The fourth-order valence-corrected chi connectivity index (χ4v) is 3.85. The number of thioether (sulfide) groups is 1. The van der Waals surface area contributed by atoms with E-state index >= 15 is 0 Å². The van der Waals surface area contributed by atoms with E-state index in [0.29, 0.717) is 11.7 Å². The van der Waals surface area contributed by atoms with Crippen LogP contribution in [0.15, 0.2) is 53.4 Å². The van der Waals surface area contributed by atoms with E-state index in [1.54, 1.807) is 7.11 Å². The molecule has 0 aliphatic carbocycles. The Morgan fingerprint density at radius 3 is 2.77 bits per heavy atom. The molecule has 0 fully saturated rings. The van der Waals surface area contributed by atoms with Crippen molar-refractivity contribution in [3.63, 3.8) is 0 Å².